The molecule has 0 fully saturated rings. The fourth-order valence-corrected chi connectivity index (χ4v) is 2.15. The van der Waals surface area contributed by atoms with Crippen molar-refractivity contribution in [2.24, 2.45) is 0 Å². The molecule has 1 aliphatic heterocycles. The third-order valence-electron chi connectivity index (χ3n) is 2.99. The second-order valence-corrected chi connectivity index (χ2v) is 4.38. The molecule has 1 aromatic heterocycles. The predicted molar refractivity (Wildman–Crippen MR) is 66.6 cm³/mol. The van der Waals surface area contributed by atoms with Crippen LogP contribution in [0.1, 0.15) is 16.1 Å². The summed E-state index contributed by atoms with van der Waals surface area (Å²) in [6.45, 7) is 1.80. The highest BCUT2D eigenvalue weighted by Crippen LogP contribution is 2.29. The topological polar surface area (TPSA) is 70.1 Å². The van der Waals surface area contributed by atoms with Gasteiger partial charge in [0.15, 0.2) is 6.10 Å². The average Bonchev–Trinajstić information content (AvgIpc) is 2.91. The monoisotopic (exact) mass is 243 g/mol. The Morgan fingerprint density at radius 1 is 1.50 bits per heavy atom. The Morgan fingerprint density at radius 2 is 2.28 bits per heavy atom. The van der Waals surface area contributed by atoms with Crippen molar-refractivity contribution < 1.29 is 9.53 Å². The normalized spacial score (nSPS) is 17.3. The molecule has 0 spiro atoms. The van der Waals surface area contributed by atoms with Crippen LogP contribution in [0.25, 0.3) is 0 Å². The Hall–Kier alpha value is -2.30. The van der Waals surface area contributed by atoms with Gasteiger partial charge >= 0.3 is 0 Å². The molecule has 1 unspecified atom stereocenters. The Labute approximate surface area is 104 Å². The van der Waals surface area contributed by atoms with E-state index in [1.165, 1.54) is 4.68 Å². The van der Waals surface area contributed by atoms with E-state index in [0.717, 1.165) is 17.0 Å². The number of nitrogens with zero attached hydrogens (tertiary/aromatic N) is 2. The standard InChI is InChI=1S/C13H13N3O2/c1-8-6-12(14)16(15-8)13(17)11-7-9-4-2-3-5-10(9)18-11/h2-6,11H,7,14H2,1H3. The van der Waals surface area contributed by atoms with Crippen LogP contribution in [0, 0.1) is 6.92 Å². The summed E-state index contributed by atoms with van der Waals surface area (Å²) in [7, 11) is 0. The molecule has 18 heavy (non-hydrogen) atoms. The van der Waals surface area contributed by atoms with Crippen molar-refractivity contribution in [1.82, 2.24) is 9.78 Å². The van der Waals surface area contributed by atoms with Crippen molar-refractivity contribution >= 4 is 11.7 Å². The molecule has 0 saturated heterocycles. The first-order chi connectivity index (χ1) is 8.65. The molecule has 0 bridgehead atoms. The maximum absolute atomic E-state index is 12.2. The summed E-state index contributed by atoms with van der Waals surface area (Å²) in [5.41, 5.74) is 7.50. The number of para-hydroxylation sites is 1. The molecular formula is C13H13N3O2. The number of rotatable bonds is 1. The Balaban J connectivity index is 1.87. The van der Waals surface area contributed by atoms with Crippen LogP contribution in [0.15, 0.2) is 30.3 Å². The number of hydrogen-bond acceptors (Lipinski definition) is 4. The molecule has 1 aliphatic rings. The first kappa shape index (κ1) is 10.8. The number of benzene rings is 1. The lowest BCUT2D eigenvalue weighted by Crippen LogP contribution is -2.32. The molecule has 1 aromatic carbocycles. The van der Waals surface area contributed by atoms with E-state index in [9.17, 15) is 4.79 Å². The van der Waals surface area contributed by atoms with E-state index in [0.29, 0.717) is 12.2 Å². The van der Waals surface area contributed by atoms with Gasteiger partial charge < -0.3 is 10.5 Å². The summed E-state index contributed by atoms with van der Waals surface area (Å²) in [6.07, 6.45) is 0.0249. The number of aromatic nitrogens is 2. The van der Waals surface area contributed by atoms with E-state index >= 15 is 0 Å². The highest BCUT2D eigenvalue weighted by Gasteiger charge is 2.31. The largest absolute Gasteiger partial charge is 0.480 e. The SMILES string of the molecule is Cc1cc(N)n(C(=O)C2Cc3ccccc3O2)n1. The highest BCUT2D eigenvalue weighted by atomic mass is 16.5. The Bertz CT molecular complexity index is 593. The van der Waals surface area contributed by atoms with Crippen LogP contribution in [-0.4, -0.2) is 21.8 Å². The second-order valence-electron chi connectivity index (χ2n) is 4.38. The van der Waals surface area contributed by atoms with Crippen molar-refractivity contribution in [2.45, 2.75) is 19.4 Å². The molecular weight excluding hydrogens is 230 g/mol. The van der Waals surface area contributed by atoms with Crippen LogP contribution in [-0.2, 0) is 6.42 Å². The van der Waals surface area contributed by atoms with E-state index in [1.54, 1.807) is 13.0 Å². The zero-order chi connectivity index (χ0) is 12.7. The molecule has 5 heteroatoms. The minimum Gasteiger partial charge on any atom is -0.480 e. The van der Waals surface area contributed by atoms with E-state index in [1.807, 2.05) is 24.3 Å². The van der Waals surface area contributed by atoms with E-state index < -0.39 is 6.10 Å². The number of anilines is 1. The average molecular weight is 243 g/mol. The van der Waals surface area contributed by atoms with Gasteiger partial charge in [0.2, 0.25) is 0 Å². The van der Waals surface area contributed by atoms with Crippen LogP contribution in [0.5, 0.6) is 5.75 Å². The van der Waals surface area contributed by atoms with E-state index in [-0.39, 0.29) is 5.91 Å². The molecule has 92 valence electrons. The van der Waals surface area contributed by atoms with Gasteiger partial charge in [0.25, 0.3) is 5.91 Å². The van der Waals surface area contributed by atoms with Crippen LogP contribution >= 0.6 is 0 Å². The fraction of sp³-hybridized carbons (Fsp3) is 0.231. The summed E-state index contributed by atoms with van der Waals surface area (Å²) in [5, 5.41) is 4.08. The summed E-state index contributed by atoms with van der Waals surface area (Å²) >= 11 is 0. The lowest BCUT2D eigenvalue weighted by Gasteiger charge is -2.09. The summed E-state index contributed by atoms with van der Waals surface area (Å²) in [4.78, 5) is 12.2. The number of nitrogens with two attached hydrogens (primary N) is 1. The van der Waals surface area contributed by atoms with Crippen molar-refractivity contribution in [2.75, 3.05) is 5.73 Å². The van der Waals surface area contributed by atoms with Gasteiger partial charge in [0.05, 0.1) is 5.69 Å². The van der Waals surface area contributed by atoms with Gasteiger partial charge in [-0.05, 0) is 18.6 Å². The zero-order valence-corrected chi connectivity index (χ0v) is 9.96. The molecule has 1 atom stereocenters. The van der Waals surface area contributed by atoms with Gasteiger partial charge in [0.1, 0.15) is 11.6 Å². The zero-order valence-electron chi connectivity index (χ0n) is 9.96. The molecule has 0 aliphatic carbocycles. The molecule has 0 radical (unpaired) electrons. The molecule has 5 nitrogen and oxygen atoms in total. The number of ether oxygens (including phenoxy) is 1. The van der Waals surface area contributed by atoms with Gasteiger partial charge in [-0.3, -0.25) is 4.79 Å². The first-order valence-corrected chi connectivity index (χ1v) is 5.76. The number of fused-ring (bicyclic) bond motifs is 1. The number of carbonyl (C=O) groups is 1. The third-order valence-corrected chi connectivity index (χ3v) is 2.99. The number of nitrogen functional groups attached to an aromatic ring is 1. The smallest absolute Gasteiger partial charge is 0.290 e. The molecule has 2 N–H and O–H groups in total. The van der Waals surface area contributed by atoms with Crippen molar-refractivity contribution in [1.29, 1.82) is 0 Å². The lowest BCUT2D eigenvalue weighted by atomic mass is 10.1. The van der Waals surface area contributed by atoms with Crippen LogP contribution < -0.4 is 10.5 Å². The Morgan fingerprint density at radius 3 is 2.94 bits per heavy atom. The van der Waals surface area contributed by atoms with Crippen molar-refractivity contribution in [3.63, 3.8) is 0 Å². The lowest BCUT2D eigenvalue weighted by molar-refractivity contribution is 0.0720. The molecule has 0 amide bonds. The van der Waals surface area contributed by atoms with E-state index in [2.05, 4.69) is 5.10 Å². The first-order valence-electron chi connectivity index (χ1n) is 5.76. The van der Waals surface area contributed by atoms with Gasteiger partial charge in [-0.2, -0.15) is 9.78 Å². The Kier molecular flexibility index (Phi) is 2.33. The van der Waals surface area contributed by atoms with Gasteiger partial charge in [0, 0.05) is 12.5 Å². The maximum atomic E-state index is 12.2. The minimum atomic E-state index is -0.538. The molecule has 2 aromatic rings. The summed E-state index contributed by atoms with van der Waals surface area (Å²) < 4.78 is 6.84. The van der Waals surface area contributed by atoms with Crippen LogP contribution in [0.3, 0.4) is 0 Å². The van der Waals surface area contributed by atoms with Gasteiger partial charge in [-0.15, -0.1) is 0 Å². The number of aryl methyl sites for hydroxylation is 1. The van der Waals surface area contributed by atoms with E-state index in [4.69, 9.17) is 10.5 Å². The predicted octanol–water partition coefficient (Wildman–Crippen LogP) is 1.42. The number of carbonyl (C=O) groups excluding carboxylic acids is 1. The van der Waals surface area contributed by atoms with Gasteiger partial charge in [-0.1, -0.05) is 18.2 Å². The minimum absolute atomic E-state index is 0.225. The van der Waals surface area contributed by atoms with Crippen LogP contribution in [0.4, 0.5) is 5.82 Å². The quantitative estimate of drug-likeness (QED) is 0.822. The summed E-state index contributed by atoms with van der Waals surface area (Å²) in [5.74, 6) is 0.882. The van der Waals surface area contributed by atoms with Crippen molar-refractivity contribution in [3.8, 4) is 5.75 Å². The third kappa shape index (κ3) is 1.64. The number of hydrogen-bond donors (Lipinski definition) is 1. The fourth-order valence-electron chi connectivity index (χ4n) is 2.15. The van der Waals surface area contributed by atoms with Crippen LogP contribution in [0.2, 0.25) is 0 Å². The highest BCUT2D eigenvalue weighted by molar-refractivity contribution is 5.86. The summed E-state index contributed by atoms with van der Waals surface area (Å²) in [6, 6.07) is 9.31. The molecule has 0 saturated carbocycles. The molecule has 2 heterocycles. The molecule has 3 rings (SSSR count). The van der Waals surface area contributed by atoms with Gasteiger partial charge in [-0.25, -0.2) is 0 Å². The van der Waals surface area contributed by atoms with Crippen molar-refractivity contribution in [3.05, 3.63) is 41.6 Å². The maximum Gasteiger partial charge on any atom is 0.290 e. The second kappa shape index (κ2) is 3.87.